The number of nitrogens with zero attached hydrogens (tertiary/aromatic N) is 3. The molecule has 116 valence electrons. The predicted molar refractivity (Wildman–Crippen MR) is 86.9 cm³/mol. The Labute approximate surface area is 135 Å². The Morgan fingerprint density at radius 1 is 1.27 bits per heavy atom. The van der Waals surface area contributed by atoms with Gasteiger partial charge >= 0.3 is 0 Å². The fraction of sp³-hybridized carbons (Fsp3) is 0.412. The Morgan fingerprint density at radius 3 is 2.64 bits per heavy atom. The lowest BCUT2D eigenvalue weighted by molar-refractivity contribution is -0.131. The summed E-state index contributed by atoms with van der Waals surface area (Å²) in [6.07, 6.45) is 4.21. The number of carbonyl (C=O) groups excluding carboxylic acids is 1. The smallest absolute Gasteiger partial charge is 0.227 e. The molecule has 0 spiro atoms. The van der Waals surface area contributed by atoms with Crippen LogP contribution in [0.2, 0.25) is 5.02 Å². The standard InChI is InChI=1S/C17H20ClN3O/c1-20-16(6-9-19-20)13-7-10-21(11-8-13)17(22)12-14-4-2-3-5-15(14)18/h2-6,9,13H,7-8,10-12H2,1H3. The number of carbonyl (C=O) groups is 1. The normalized spacial score (nSPS) is 16.0. The lowest BCUT2D eigenvalue weighted by atomic mass is 9.93. The Morgan fingerprint density at radius 2 is 2.00 bits per heavy atom. The highest BCUT2D eigenvalue weighted by Gasteiger charge is 2.25. The molecule has 1 aromatic heterocycles. The van der Waals surface area contributed by atoms with Crippen molar-refractivity contribution in [1.29, 1.82) is 0 Å². The van der Waals surface area contributed by atoms with Crippen LogP contribution in [0.4, 0.5) is 0 Å². The molecule has 2 heterocycles. The van der Waals surface area contributed by atoms with E-state index in [-0.39, 0.29) is 5.91 Å². The summed E-state index contributed by atoms with van der Waals surface area (Å²) < 4.78 is 1.94. The molecule has 1 aromatic carbocycles. The summed E-state index contributed by atoms with van der Waals surface area (Å²) >= 11 is 6.13. The molecule has 0 N–H and O–H groups in total. The Hall–Kier alpha value is -1.81. The van der Waals surface area contributed by atoms with E-state index in [2.05, 4.69) is 11.2 Å². The van der Waals surface area contributed by atoms with Crippen LogP contribution in [0, 0.1) is 0 Å². The molecule has 1 aliphatic heterocycles. The molecule has 22 heavy (non-hydrogen) atoms. The molecule has 0 saturated carbocycles. The van der Waals surface area contributed by atoms with Crippen molar-refractivity contribution in [2.24, 2.45) is 7.05 Å². The molecule has 1 fully saturated rings. The molecular formula is C17H20ClN3O. The number of amides is 1. The molecule has 0 unspecified atom stereocenters. The van der Waals surface area contributed by atoms with E-state index in [1.807, 2.05) is 47.1 Å². The van der Waals surface area contributed by atoms with Crippen molar-refractivity contribution < 1.29 is 4.79 Å². The zero-order chi connectivity index (χ0) is 15.5. The van der Waals surface area contributed by atoms with E-state index in [0.717, 1.165) is 31.5 Å². The summed E-state index contributed by atoms with van der Waals surface area (Å²) in [4.78, 5) is 14.4. The summed E-state index contributed by atoms with van der Waals surface area (Å²) in [6.45, 7) is 1.61. The molecule has 5 heteroatoms. The Bertz CT molecular complexity index is 659. The molecule has 0 atom stereocenters. The van der Waals surface area contributed by atoms with E-state index in [9.17, 15) is 4.79 Å². The SMILES string of the molecule is Cn1nccc1C1CCN(C(=O)Cc2ccccc2Cl)CC1. The van der Waals surface area contributed by atoms with Crippen LogP contribution >= 0.6 is 11.6 Å². The second-order valence-corrected chi connectivity index (χ2v) is 6.21. The van der Waals surface area contributed by atoms with Gasteiger partial charge in [-0.3, -0.25) is 9.48 Å². The highest BCUT2D eigenvalue weighted by atomic mass is 35.5. The molecule has 3 rings (SSSR count). The van der Waals surface area contributed by atoms with Crippen molar-refractivity contribution in [1.82, 2.24) is 14.7 Å². The molecule has 1 saturated heterocycles. The second-order valence-electron chi connectivity index (χ2n) is 5.80. The van der Waals surface area contributed by atoms with Gasteiger partial charge in [0.1, 0.15) is 0 Å². The largest absolute Gasteiger partial charge is 0.342 e. The Kier molecular flexibility index (Phi) is 4.48. The summed E-state index contributed by atoms with van der Waals surface area (Å²) in [7, 11) is 1.98. The van der Waals surface area contributed by atoms with Gasteiger partial charge in [0.2, 0.25) is 5.91 Å². The minimum absolute atomic E-state index is 0.163. The maximum absolute atomic E-state index is 12.4. The van der Waals surface area contributed by atoms with Gasteiger partial charge in [0.05, 0.1) is 6.42 Å². The van der Waals surface area contributed by atoms with Crippen LogP contribution in [0.5, 0.6) is 0 Å². The van der Waals surface area contributed by atoms with Gasteiger partial charge in [-0.15, -0.1) is 0 Å². The van der Waals surface area contributed by atoms with Gasteiger partial charge in [-0.1, -0.05) is 29.8 Å². The van der Waals surface area contributed by atoms with Crippen molar-refractivity contribution in [2.75, 3.05) is 13.1 Å². The number of aryl methyl sites for hydroxylation is 1. The summed E-state index contributed by atoms with van der Waals surface area (Å²) in [5.41, 5.74) is 2.17. The number of hydrogen-bond donors (Lipinski definition) is 0. The van der Waals surface area contributed by atoms with E-state index in [0.29, 0.717) is 17.4 Å². The van der Waals surface area contributed by atoms with E-state index in [4.69, 9.17) is 11.6 Å². The van der Waals surface area contributed by atoms with Gasteiger partial charge in [0.25, 0.3) is 0 Å². The van der Waals surface area contributed by atoms with Crippen LogP contribution in [0.3, 0.4) is 0 Å². The molecule has 1 amide bonds. The van der Waals surface area contributed by atoms with Gasteiger partial charge in [0.15, 0.2) is 0 Å². The topological polar surface area (TPSA) is 38.1 Å². The van der Waals surface area contributed by atoms with Crippen molar-refractivity contribution in [3.05, 3.63) is 52.8 Å². The average molecular weight is 318 g/mol. The third-order valence-electron chi connectivity index (χ3n) is 4.42. The summed E-state index contributed by atoms with van der Waals surface area (Å²) in [6, 6.07) is 9.63. The highest BCUT2D eigenvalue weighted by molar-refractivity contribution is 6.31. The van der Waals surface area contributed by atoms with Crippen LogP contribution in [0.25, 0.3) is 0 Å². The lowest BCUT2D eigenvalue weighted by Crippen LogP contribution is -2.39. The number of aromatic nitrogens is 2. The van der Waals surface area contributed by atoms with Crippen LogP contribution in [-0.2, 0) is 18.3 Å². The van der Waals surface area contributed by atoms with Gasteiger partial charge in [-0.2, -0.15) is 5.10 Å². The highest BCUT2D eigenvalue weighted by Crippen LogP contribution is 2.28. The quantitative estimate of drug-likeness (QED) is 0.872. The number of likely N-dealkylation sites (tertiary alicyclic amines) is 1. The molecule has 0 radical (unpaired) electrons. The predicted octanol–water partition coefficient (Wildman–Crippen LogP) is 3.02. The second kappa shape index (κ2) is 6.53. The number of rotatable bonds is 3. The fourth-order valence-corrected chi connectivity index (χ4v) is 3.33. The third kappa shape index (κ3) is 3.17. The van der Waals surface area contributed by atoms with Crippen molar-refractivity contribution in [2.45, 2.75) is 25.2 Å². The number of halogens is 1. The lowest BCUT2D eigenvalue weighted by Gasteiger charge is -2.32. The molecule has 1 aliphatic rings. The number of hydrogen-bond acceptors (Lipinski definition) is 2. The van der Waals surface area contributed by atoms with Crippen molar-refractivity contribution in [3.8, 4) is 0 Å². The maximum atomic E-state index is 12.4. The van der Waals surface area contributed by atoms with E-state index < -0.39 is 0 Å². The number of piperidine rings is 1. The first-order valence-corrected chi connectivity index (χ1v) is 8.02. The third-order valence-corrected chi connectivity index (χ3v) is 4.79. The molecule has 0 bridgehead atoms. The zero-order valence-electron chi connectivity index (χ0n) is 12.7. The van der Waals surface area contributed by atoms with Crippen LogP contribution < -0.4 is 0 Å². The minimum Gasteiger partial charge on any atom is -0.342 e. The first-order chi connectivity index (χ1) is 10.6. The van der Waals surface area contributed by atoms with Crippen LogP contribution in [-0.4, -0.2) is 33.7 Å². The first-order valence-electron chi connectivity index (χ1n) is 7.64. The number of benzene rings is 1. The zero-order valence-corrected chi connectivity index (χ0v) is 13.5. The van der Waals surface area contributed by atoms with E-state index >= 15 is 0 Å². The van der Waals surface area contributed by atoms with Gasteiger partial charge in [0, 0.05) is 43.0 Å². The first kappa shape index (κ1) is 15.1. The molecule has 0 aliphatic carbocycles. The van der Waals surface area contributed by atoms with E-state index in [1.54, 1.807) is 0 Å². The van der Waals surface area contributed by atoms with Crippen LogP contribution in [0.15, 0.2) is 36.5 Å². The van der Waals surface area contributed by atoms with Gasteiger partial charge in [-0.25, -0.2) is 0 Å². The monoisotopic (exact) mass is 317 g/mol. The van der Waals surface area contributed by atoms with Gasteiger partial charge < -0.3 is 4.90 Å². The molecule has 4 nitrogen and oxygen atoms in total. The van der Waals surface area contributed by atoms with E-state index in [1.165, 1.54) is 5.69 Å². The fourth-order valence-electron chi connectivity index (χ4n) is 3.13. The van der Waals surface area contributed by atoms with Crippen molar-refractivity contribution in [3.63, 3.8) is 0 Å². The molecular weight excluding hydrogens is 298 g/mol. The minimum atomic E-state index is 0.163. The average Bonchev–Trinajstić information content (AvgIpc) is 2.96. The van der Waals surface area contributed by atoms with Crippen molar-refractivity contribution >= 4 is 17.5 Å². The maximum Gasteiger partial charge on any atom is 0.227 e. The summed E-state index contributed by atoms with van der Waals surface area (Å²) in [5, 5.41) is 4.90. The summed E-state index contributed by atoms with van der Waals surface area (Å²) in [5.74, 6) is 0.661. The molecule has 2 aromatic rings. The van der Waals surface area contributed by atoms with Gasteiger partial charge in [-0.05, 0) is 30.5 Å². The van der Waals surface area contributed by atoms with Crippen LogP contribution in [0.1, 0.15) is 30.0 Å². The Balaban J connectivity index is 1.58.